The molecule has 6 nitrogen and oxygen atoms in total. The van der Waals surface area contributed by atoms with Crippen LogP contribution in [-0.4, -0.2) is 54.9 Å². The SMILES string of the molecule is O=C(O)CCCN(C(=O)N1CCOCC1)c1ccccc1. The molecule has 0 aromatic heterocycles. The van der Waals surface area contributed by atoms with Crippen LogP contribution in [0, 0.1) is 0 Å². The zero-order valence-corrected chi connectivity index (χ0v) is 11.9. The van der Waals surface area contributed by atoms with Crippen molar-refractivity contribution >= 4 is 17.7 Å². The molecule has 0 bridgehead atoms. The Kier molecular flexibility index (Phi) is 5.57. The summed E-state index contributed by atoms with van der Waals surface area (Å²) in [6.07, 6.45) is 0.486. The first-order chi connectivity index (χ1) is 10.2. The average Bonchev–Trinajstić information content (AvgIpc) is 2.52. The lowest BCUT2D eigenvalue weighted by molar-refractivity contribution is -0.137. The predicted octanol–water partition coefficient (Wildman–Crippen LogP) is 1.81. The van der Waals surface area contributed by atoms with Gasteiger partial charge in [-0.15, -0.1) is 0 Å². The summed E-state index contributed by atoms with van der Waals surface area (Å²) in [5.74, 6) is -0.846. The van der Waals surface area contributed by atoms with Gasteiger partial charge < -0.3 is 14.7 Å². The zero-order chi connectivity index (χ0) is 15.1. The van der Waals surface area contributed by atoms with Gasteiger partial charge in [0.1, 0.15) is 0 Å². The molecular formula is C15H20N2O4. The van der Waals surface area contributed by atoms with Crippen molar-refractivity contribution in [1.29, 1.82) is 0 Å². The van der Waals surface area contributed by atoms with Gasteiger partial charge in [0.05, 0.1) is 13.2 Å². The molecule has 1 aliphatic rings. The predicted molar refractivity (Wildman–Crippen MR) is 78.4 cm³/mol. The number of rotatable bonds is 5. The van der Waals surface area contributed by atoms with E-state index < -0.39 is 5.97 Å². The molecule has 0 radical (unpaired) electrons. The van der Waals surface area contributed by atoms with Crippen molar-refractivity contribution in [2.75, 3.05) is 37.7 Å². The number of carbonyl (C=O) groups excluding carboxylic acids is 1. The van der Waals surface area contributed by atoms with Crippen molar-refractivity contribution in [3.05, 3.63) is 30.3 Å². The fraction of sp³-hybridized carbons (Fsp3) is 0.467. The molecule has 1 aliphatic heterocycles. The second-order valence-corrected chi connectivity index (χ2v) is 4.87. The van der Waals surface area contributed by atoms with Gasteiger partial charge in [-0.1, -0.05) is 18.2 Å². The molecule has 1 N–H and O–H groups in total. The number of para-hydroxylation sites is 1. The van der Waals surface area contributed by atoms with Crippen LogP contribution in [0.25, 0.3) is 0 Å². The monoisotopic (exact) mass is 292 g/mol. The highest BCUT2D eigenvalue weighted by atomic mass is 16.5. The smallest absolute Gasteiger partial charge is 0.324 e. The van der Waals surface area contributed by atoms with Crippen LogP contribution in [0.4, 0.5) is 10.5 Å². The summed E-state index contributed by atoms with van der Waals surface area (Å²) in [7, 11) is 0. The number of carboxylic acid groups (broad SMARTS) is 1. The summed E-state index contributed by atoms with van der Waals surface area (Å²) in [6.45, 7) is 2.63. The minimum Gasteiger partial charge on any atom is -0.481 e. The van der Waals surface area contributed by atoms with Crippen molar-refractivity contribution < 1.29 is 19.4 Å². The Balaban J connectivity index is 2.06. The summed E-state index contributed by atoms with van der Waals surface area (Å²) in [6, 6.07) is 9.25. The number of anilines is 1. The van der Waals surface area contributed by atoms with E-state index in [1.165, 1.54) is 0 Å². The number of amides is 2. The molecule has 1 heterocycles. The molecule has 114 valence electrons. The maximum atomic E-state index is 12.6. The molecule has 1 saturated heterocycles. The molecule has 0 saturated carbocycles. The van der Waals surface area contributed by atoms with Crippen LogP contribution < -0.4 is 4.90 Å². The van der Waals surface area contributed by atoms with E-state index in [4.69, 9.17) is 9.84 Å². The summed E-state index contributed by atoms with van der Waals surface area (Å²) in [5, 5.41) is 8.75. The van der Waals surface area contributed by atoms with Gasteiger partial charge in [0.25, 0.3) is 0 Å². The lowest BCUT2D eigenvalue weighted by Crippen LogP contribution is -2.48. The number of aliphatic carboxylic acids is 1. The van der Waals surface area contributed by atoms with Gasteiger partial charge in [-0.05, 0) is 18.6 Å². The van der Waals surface area contributed by atoms with E-state index in [1.54, 1.807) is 9.80 Å². The standard InChI is InChI=1S/C15H20N2O4/c18-14(19)7-4-8-17(13-5-2-1-3-6-13)15(20)16-9-11-21-12-10-16/h1-3,5-6H,4,7-12H2,(H,18,19). The first-order valence-corrected chi connectivity index (χ1v) is 7.09. The Morgan fingerprint density at radius 1 is 1.19 bits per heavy atom. The quantitative estimate of drug-likeness (QED) is 0.898. The number of hydrogen-bond acceptors (Lipinski definition) is 3. The first kappa shape index (κ1) is 15.3. The van der Waals surface area contributed by atoms with Crippen LogP contribution in [-0.2, 0) is 9.53 Å². The van der Waals surface area contributed by atoms with Crippen molar-refractivity contribution in [2.24, 2.45) is 0 Å². The van der Waals surface area contributed by atoms with E-state index in [0.717, 1.165) is 5.69 Å². The molecule has 0 aliphatic carbocycles. The van der Waals surface area contributed by atoms with Crippen LogP contribution in [0.2, 0.25) is 0 Å². The number of morpholine rings is 1. The van der Waals surface area contributed by atoms with Crippen molar-refractivity contribution in [2.45, 2.75) is 12.8 Å². The molecule has 21 heavy (non-hydrogen) atoms. The molecule has 1 fully saturated rings. The highest BCUT2D eigenvalue weighted by molar-refractivity contribution is 5.92. The van der Waals surface area contributed by atoms with Crippen molar-refractivity contribution in [3.63, 3.8) is 0 Å². The summed E-state index contributed by atoms with van der Waals surface area (Å²) in [5.41, 5.74) is 0.791. The van der Waals surface area contributed by atoms with Gasteiger partial charge in [-0.2, -0.15) is 0 Å². The van der Waals surface area contributed by atoms with Crippen LogP contribution in [0.1, 0.15) is 12.8 Å². The Labute approximate surface area is 123 Å². The lowest BCUT2D eigenvalue weighted by atomic mass is 10.2. The number of carboxylic acids is 1. The molecule has 0 atom stereocenters. The van der Waals surface area contributed by atoms with Crippen molar-refractivity contribution in [1.82, 2.24) is 4.90 Å². The van der Waals surface area contributed by atoms with E-state index in [0.29, 0.717) is 39.3 Å². The fourth-order valence-corrected chi connectivity index (χ4v) is 2.26. The number of nitrogens with zero attached hydrogens (tertiary/aromatic N) is 2. The zero-order valence-electron chi connectivity index (χ0n) is 11.9. The maximum absolute atomic E-state index is 12.6. The number of hydrogen-bond donors (Lipinski definition) is 1. The molecule has 1 aromatic rings. The summed E-state index contributed by atoms with van der Waals surface area (Å²) in [4.78, 5) is 26.7. The van der Waals surface area contributed by atoms with Crippen LogP contribution in [0.15, 0.2) is 30.3 Å². The van der Waals surface area contributed by atoms with E-state index >= 15 is 0 Å². The molecule has 6 heteroatoms. The first-order valence-electron chi connectivity index (χ1n) is 7.09. The van der Waals surface area contributed by atoms with Gasteiger partial charge in [0.2, 0.25) is 0 Å². The number of ether oxygens (including phenoxy) is 1. The van der Waals surface area contributed by atoms with Gasteiger partial charge in [0, 0.05) is 31.7 Å². The molecule has 2 rings (SSSR count). The Hall–Kier alpha value is -2.08. The van der Waals surface area contributed by atoms with E-state index in [2.05, 4.69) is 0 Å². The van der Waals surface area contributed by atoms with Crippen molar-refractivity contribution in [3.8, 4) is 0 Å². The van der Waals surface area contributed by atoms with E-state index in [-0.39, 0.29) is 12.5 Å². The molecular weight excluding hydrogens is 272 g/mol. The van der Waals surface area contributed by atoms with Crippen LogP contribution in [0.5, 0.6) is 0 Å². The third kappa shape index (κ3) is 4.46. The largest absolute Gasteiger partial charge is 0.481 e. The second kappa shape index (κ2) is 7.64. The molecule has 0 spiro atoms. The second-order valence-electron chi connectivity index (χ2n) is 4.87. The normalized spacial score (nSPS) is 14.8. The Bertz CT molecular complexity index is 472. The van der Waals surface area contributed by atoms with E-state index in [9.17, 15) is 9.59 Å². The van der Waals surface area contributed by atoms with Crippen LogP contribution in [0.3, 0.4) is 0 Å². The summed E-state index contributed by atoms with van der Waals surface area (Å²) >= 11 is 0. The van der Waals surface area contributed by atoms with E-state index in [1.807, 2.05) is 30.3 Å². The lowest BCUT2D eigenvalue weighted by Gasteiger charge is -2.33. The Morgan fingerprint density at radius 2 is 1.86 bits per heavy atom. The number of urea groups is 1. The third-order valence-electron chi connectivity index (χ3n) is 3.35. The molecule has 0 unspecified atom stereocenters. The number of carbonyl (C=O) groups is 2. The fourth-order valence-electron chi connectivity index (χ4n) is 2.26. The molecule has 1 aromatic carbocycles. The van der Waals surface area contributed by atoms with Gasteiger partial charge in [-0.3, -0.25) is 9.69 Å². The Morgan fingerprint density at radius 3 is 2.48 bits per heavy atom. The molecule has 2 amide bonds. The van der Waals surface area contributed by atoms with Gasteiger partial charge >= 0.3 is 12.0 Å². The topological polar surface area (TPSA) is 70.1 Å². The number of benzene rings is 1. The highest BCUT2D eigenvalue weighted by Gasteiger charge is 2.23. The van der Waals surface area contributed by atoms with Gasteiger partial charge in [0.15, 0.2) is 0 Å². The summed E-state index contributed by atoms with van der Waals surface area (Å²) < 4.78 is 5.26. The van der Waals surface area contributed by atoms with Gasteiger partial charge in [-0.25, -0.2) is 4.79 Å². The maximum Gasteiger partial charge on any atom is 0.324 e. The minimum atomic E-state index is -0.846. The third-order valence-corrected chi connectivity index (χ3v) is 3.35. The minimum absolute atomic E-state index is 0.0553. The van der Waals surface area contributed by atoms with Crippen LogP contribution >= 0.6 is 0 Å². The average molecular weight is 292 g/mol. The highest BCUT2D eigenvalue weighted by Crippen LogP contribution is 2.17.